The molecule has 20 heavy (non-hydrogen) atoms. The Kier molecular flexibility index (Phi) is 3.94. The largest absolute Gasteiger partial charge is 0.461 e. The molecule has 0 aliphatic carbocycles. The number of carbonyl (C=O) groups excluding carboxylic acids is 1. The van der Waals surface area contributed by atoms with E-state index in [9.17, 15) is 4.79 Å². The molecule has 2 rings (SSSR count). The fourth-order valence-corrected chi connectivity index (χ4v) is 2.27. The van der Waals surface area contributed by atoms with Crippen molar-refractivity contribution in [3.63, 3.8) is 0 Å². The third-order valence-electron chi connectivity index (χ3n) is 3.01. The zero-order chi connectivity index (χ0) is 14.7. The minimum absolute atomic E-state index is 0.162. The van der Waals surface area contributed by atoms with Gasteiger partial charge < -0.3 is 4.74 Å². The molecule has 1 heterocycles. The lowest BCUT2D eigenvalue weighted by Gasteiger charge is -2.10. The second-order valence-corrected chi connectivity index (χ2v) is 4.56. The van der Waals surface area contributed by atoms with Crippen molar-refractivity contribution in [2.24, 2.45) is 0 Å². The summed E-state index contributed by atoms with van der Waals surface area (Å²) >= 11 is 0. The molecule has 0 unspecified atom stereocenters. The summed E-state index contributed by atoms with van der Waals surface area (Å²) in [5.41, 5.74) is 2.78. The molecule has 0 spiro atoms. The second kappa shape index (κ2) is 5.66. The number of esters is 1. The van der Waals surface area contributed by atoms with E-state index in [1.54, 1.807) is 6.92 Å². The maximum Gasteiger partial charge on any atom is 0.359 e. The van der Waals surface area contributed by atoms with Crippen LogP contribution in [0.1, 0.15) is 34.2 Å². The first-order valence-electron chi connectivity index (χ1n) is 6.39. The average Bonchev–Trinajstić information content (AvgIpc) is 2.39. The van der Waals surface area contributed by atoms with E-state index in [0.717, 1.165) is 16.5 Å². The van der Waals surface area contributed by atoms with Crippen molar-refractivity contribution >= 4 is 16.7 Å². The number of benzene rings is 1. The number of fused-ring (bicyclic) bond motifs is 1. The summed E-state index contributed by atoms with van der Waals surface area (Å²) in [5.74, 6) is -0.486. The van der Waals surface area contributed by atoms with Crippen LogP contribution in [0.3, 0.4) is 0 Å². The van der Waals surface area contributed by atoms with Gasteiger partial charge in [-0.3, -0.25) is 0 Å². The average molecular weight is 269 g/mol. The number of nitriles is 1. The molecule has 0 N–H and O–H groups in total. The van der Waals surface area contributed by atoms with Crippen LogP contribution in [0.15, 0.2) is 12.1 Å². The topological polar surface area (TPSA) is 75.9 Å². The summed E-state index contributed by atoms with van der Waals surface area (Å²) < 4.78 is 5.01. The smallest absolute Gasteiger partial charge is 0.359 e. The SMILES string of the molecule is CCOC(=O)c1nnc(CC#N)c2cc(C)cc(C)c12. The van der Waals surface area contributed by atoms with Gasteiger partial charge in [-0.1, -0.05) is 11.6 Å². The highest BCUT2D eigenvalue weighted by atomic mass is 16.5. The number of ether oxygens (including phenoxy) is 1. The van der Waals surface area contributed by atoms with Crippen molar-refractivity contribution < 1.29 is 9.53 Å². The van der Waals surface area contributed by atoms with Crippen molar-refractivity contribution in [1.82, 2.24) is 10.2 Å². The summed E-state index contributed by atoms with van der Waals surface area (Å²) in [6.45, 7) is 5.91. The Morgan fingerprint density at radius 3 is 2.75 bits per heavy atom. The maximum atomic E-state index is 12.0. The van der Waals surface area contributed by atoms with Gasteiger partial charge in [-0.25, -0.2) is 4.79 Å². The fraction of sp³-hybridized carbons (Fsp3) is 0.333. The van der Waals surface area contributed by atoms with Gasteiger partial charge in [-0.05, 0) is 32.4 Å². The molecule has 0 saturated heterocycles. The van der Waals surface area contributed by atoms with E-state index in [-0.39, 0.29) is 18.7 Å². The summed E-state index contributed by atoms with van der Waals surface area (Å²) in [4.78, 5) is 12.0. The van der Waals surface area contributed by atoms with Crippen molar-refractivity contribution in [3.8, 4) is 6.07 Å². The van der Waals surface area contributed by atoms with E-state index in [0.29, 0.717) is 11.1 Å². The quantitative estimate of drug-likeness (QED) is 0.800. The molecule has 0 radical (unpaired) electrons. The second-order valence-electron chi connectivity index (χ2n) is 4.56. The van der Waals surface area contributed by atoms with E-state index >= 15 is 0 Å². The van der Waals surface area contributed by atoms with E-state index in [1.165, 1.54) is 0 Å². The van der Waals surface area contributed by atoms with Crippen LogP contribution in [-0.4, -0.2) is 22.8 Å². The van der Waals surface area contributed by atoms with Gasteiger partial charge in [0, 0.05) is 10.8 Å². The Morgan fingerprint density at radius 1 is 1.35 bits per heavy atom. The van der Waals surface area contributed by atoms with Crippen LogP contribution >= 0.6 is 0 Å². The number of rotatable bonds is 3. The molecule has 0 saturated carbocycles. The molecule has 0 aliphatic rings. The number of aryl methyl sites for hydroxylation is 2. The van der Waals surface area contributed by atoms with Crippen LogP contribution in [0, 0.1) is 25.2 Å². The number of nitrogens with zero attached hydrogens (tertiary/aromatic N) is 3. The van der Waals surface area contributed by atoms with Crippen molar-refractivity contribution in [2.45, 2.75) is 27.2 Å². The molecular formula is C15H15N3O2. The highest BCUT2D eigenvalue weighted by molar-refractivity contribution is 6.04. The maximum absolute atomic E-state index is 12.0. The Bertz CT molecular complexity index is 717. The van der Waals surface area contributed by atoms with Gasteiger partial charge in [0.1, 0.15) is 0 Å². The minimum atomic E-state index is -0.486. The first kappa shape index (κ1) is 13.9. The monoisotopic (exact) mass is 269 g/mol. The van der Waals surface area contributed by atoms with E-state index in [2.05, 4.69) is 16.3 Å². The lowest BCUT2D eigenvalue weighted by Crippen LogP contribution is -2.11. The highest BCUT2D eigenvalue weighted by Gasteiger charge is 2.18. The number of hydrogen-bond acceptors (Lipinski definition) is 5. The Morgan fingerprint density at radius 2 is 2.10 bits per heavy atom. The van der Waals surface area contributed by atoms with Crippen LogP contribution in [0.5, 0.6) is 0 Å². The van der Waals surface area contributed by atoms with Gasteiger partial charge >= 0.3 is 5.97 Å². The number of hydrogen-bond donors (Lipinski definition) is 0. The van der Waals surface area contributed by atoms with Crippen LogP contribution < -0.4 is 0 Å². The van der Waals surface area contributed by atoms with Gasteiger partial charge in [0.25, 0.3) is 0 Å². The zero-order valence-electron chi connectivity index (χ0n) is 11.7. The first-order chi connectivity index (χ1) is 9.58. The predicted octanol–water partition coefficient (Wildman–Crippen LogP) is 2.49. The van der Waals surface area contributed by atoms with E-state index < -0.39 is 5.97 Å². The van der Waals surface area contributed by atoms with Crippen LogP contribution in [0.25, 0.3) is 10.8 Å². The van der Waals surface area contributed by atoms with Crippen molar-refractivity contribution in [1.29, 1.82) is 5.26 Å². The summed E-state index contributed by atoms with van der Waals surface area (Å²) in [6.07, 6.45) is 0.162. The molecule has 102 valence electrons. The van der Waals surface area contributed by atoms with E-state index in [4.69, 9.17) is 10.00 Å². The molecule has 5 heteroatoms. The molecule has 0 aliphatic heterocycles. The van der Waals surface area contributed by atoms with Gasteiger partial charge in [0.05, 0.1) is 24.8 Å². The molecular weight excluding hydrogens is 254 g/mol. The zero-order valence-corrected chi connectivity index (χ0v) is 11.7. The minimum Gasteiger partial charge on any atom is -0.461 e. The molecule has 0 bridgehead atoms. The Balaban J connectivity index is 2.77. The lowest BCUT2D eigenvalue weighted by molar-refractivity contribution is 0.0520. The molecule has 1 aromatic carbocycles. The third kappa shape index (κ3) is 2.45. The van der Waals surface area contributed by atoms with Crippen LogP contribution in [-0.2, 0) is 11.2 Å². The van der Waals surface area contributed by atoms with E-state index in [1.807, 2.05) is 26.0 Å². The first-order valence-corrected chi connectivity index (χ1v) is 6.39. The van der Waals surface area contributed by atoms with Gasteiger partial charge in [0.15, 0.2) is 5.69 Å². The number of carbonyl (C=O) groups is 1. The molecule has 5 nitrogen and oxygen atoms in total. The van der Waals surface area contributed by atoms with Gasteiger partial charge in [-0.15, -0.1) is 5.10 Å². The normalized spacial score (nSPS) is 10.3. The summed E-state index contributed by atoms with van der Waals surface area (Å²) in [7, 11) is 0. The molecule has 0 fully saturated rings. The lowest BCUT2D eigenvalue weighted by atomic mass is 9.99. The van der Waals surface area contributed by atoms with Crippen LogP contribution in [0.4, 0.5) is 0 Å². The number of aromatic nitrogens is 2. The fourth-order valence-electron chi connectivity index (χ4n) is 2.27. The molecule has 0 amide bonds. The predicted molar refractivity (Wildman–Crippen MR) is 74.3 cm³/mol. The van der Waals surface area contributed by atoms with Gasteiger partial charge in [-0.2, -0.15) is 10.4 Å². The van der Waals surface area contributed by atoms with Crippen molar-refractivity contribution in [2.75, 3.05) is 6.61 Å². The third-order valence-corrected chi connectivity index (χ3v) is 3.01. The summed E-state index contributed by atoms with van der Waals surface area (Å²) in [5, 5.41) is 18.3. The van der Waals surface area contributed by atoms with Crippen LogP contribution in [0.2, 0.25) is 0 Å². The highest BCUT2D eigenvalue weighted by Crippen LogP contribution is 2.25. The molecule has 0 atom stereocenters. The summed E-state index contributed by atoms with van der Waals surface area (Å²) in [6, 6.07) is 5.97. The standard InChI is InChI=1S/C15H15N3O2/c1-4-20-15(19)14-13-10(3)7-9(2)8-11(13)12(5-6-16)17-18-14/h7-8H,4-5H2,1-3H3. The Hall–Kier alpha value is -2.48. The molecule has 1 aromatic heterocycles. The molecule has 2 aromatic rings. The van der Waals surface area contributed by atoms with Gasteiger partial charge in [0.2, 0.25) is 0 Å². The Labute approximate surface area is 117 Å². The van der Waals surface area contributed by atoms with Crippen molar-refractivity contribution in [3.05, 3.63) is 34.6 Å².